The fourth-order valence-electron chi connectivity index (χ4n) is 2.40. The van der Waals surface area contributed by atoms with E-state index in [1.165, 1.54) is 14.2 Å². The molecule has 2 aromatic rings. The molecule has 0 saturated heterocycles. The zero-order valence-corrected chi connectivity index (χ0v) is 14.4. The van der Waals surface area contributed by atoms with Crippen LogP contribution in [-0.4, -0.2) is 43.3 Å². The number of ether oxygens (including phenoxy) is 2. The molecule has 6 heteroatoms. The van der Waals surface area contributed by atoms with Gasteiger partial charge in [0.05, 0.1) is 25.8 Å². The van der Waals surface area contributed by atoms with Crippen LogP contribution in [0.1, 0.15) is 15.9 Å². The van der Waals surface area contributed by atoms with Crippen LogP contribution in [-0.2, 0) is 6.54 Å². The maximum Gasteiger partial charge on any atom is 0.254 e. The molecule has 0 saturated carbocycles. The highest BCUT2D eigenvalue weighted by molar-refractivity contribution is 6.32. The number of hydrogen-bond donors (Lipinski definition) is 1. The van der Waals surface area contributed by atoms with Gasteiger partial charge in [0, 0.05) is 18.7 Å². The summed E-state index contributed by atoms with van der Waals surface area (Å²) in [6.45, 7) is 0.492. The van der Waals surface area contributed by atoms with Crippen molar-refractivity contribution in [2.75, 3.05) is 27.4 Å². The predicted molar refractivity (Wildman–Crippen MR) is 92.8 cm³/mol. The van der Waals surface area contributed by atoms with E-state index in [1.54, 1.807) is 17.0 Å². The van der Waals surface area contributed by atoms with Crippen LogP contribution in [0.5, 0.6) is 11.5 Å². The summed E-state index contributed by atoms with van der Waals surface area (Å²) in [5.41, 5.74) is 1.35. The van der Waals surface area contributed by atoms with E-state index in [0.29, 0.717) is 28.6 Å². The number of hydrogen-bond acceptors (Lipinski definition) is 4. The molecule has 0 spiro atoms. The Hall–Kier alpha value is -2.24. The maximum absolute atomic E-state index is 12.8. The van der Waals surface area contributed by atoms with Gasteiger partial charge in [-0.15, -0.1) is 0 Å². The first-order valence-electron chi connectivity index (χ1n) is 7.46. The monoisotopic (exact) mass is 349 g/mol. The molecule has 0 atom stereocenters. The summed E-state index contributed by atoms with van der Waals surface area (Å²) >= 11 is 6.17. The van der Waals surface area contributed by atoms with Gasteiger partial charge < -0.3 is 19.5 Å². The zero-order valence-electron chi connectivity index (χ0n) is 13.7. The van der Waals surface area contributed by atoms with E-state index in [4.69, 9.17) is 21.1 Å². The molecule has 0 fully saturated rings. The van der Waals surface area contributed by atoms with Crippen LogP contribution >= 0.6 is 11.6 Å². The lowest BCUT2D eigenvalue weighted by molar-refractivity contribution is 0.0707. The minimum absolute atomic E-state index is 0.125. The lowest BCUT2D eigenvalue weighted by atomic mass is 10.1. The van der Waals surface area contributed by atoms with E-state index in [1.807, 2.05) is 30.3 Å². The molecule has 1 amide bonds. The van der Waals surface area contributed by atoms with E-state index in [9.17, 15) is 9.90 Å². The van der Waals surface area contributed by atoms with Gasteiger partial charge in [0.2, 0.25) is 0 Å². The Bertz CT molecular complexity index is 691. The molecule has 0 aromatic heterocycles. The van der Waals surface area contributed by atoms with Gasteiger partial charge in [0.1, 0.15) is 0 Å². The highest BCUT2D eigenvalue weighted by Gasteiger charge is 2.20. The molecule has 0 aliphatic rings. The minimum Gasteiger partial charge on any atom is -0.493 e. The third kappa shape index (κ3) is 4.19. The van der Waals surface area contributed by atoms with Gasteiger partial charge in [0.25, 0.3) is 5.91 Å². The molecule has 0 unspecified atom stereocenters. The standard InChI is InChI=1S/C18H20ClNO4/c1-23-16-11-14(10-15(19)17(16)24-2)18(22)20(8-9-21)12-13-6-4-3-5-7-13/h3-7,10-11,21H,8-9,12H2,1-2H3. The van der Waals surface area contributed by atoms with Gasteiger partial charge in [-0.25, -0.2) is 0 Å². The number of rotatable bonds is 7. The Labute approximate surface area is 146 Å². The van der Waals surface area contributed by atoms with Gasteiger partial charge >= 0.3 is 0 Å². The molecule has 5 nitrogen and oxygen atoms in total. The highest BCUT2D eigenvalue weighted by atomic mass is 35.5. The lowest BCUT2D eigenvalue weighted by Crippen LogP contribution is -2.33. The smallest absolute Gasteiger partial charge is 0.254 e. The minimum atomic E-state index is -0.240. The van der Waals surface area contributed by atoms with Crippen molar-refractivity contribution in [1.82, 2.24) is 4.90 Å². The first-order chi connectivity index (χ1) is 11.6. The van der Waals surface area contributed by atoms with E-state index >= 15 is 0 Å². The van der Waals surface area contributed by atoms with Crippen molar-refractivity contribution in [2.45, 2.75) is 6.54 Å². The number of aliphatic hydroxyl groups is 1. The van der Waals surface area contributed by atoms with E-state index in [0.717, 1.165) is 5.56 Å². The molecule has 0 radical (unpaired) electrons. The predicted octanol–water partition coefficient (Wildman–Crippen LogP) is 2.99. The van der Waals surface area contributed by atoms with Crippen molar-refractivity contribution in [3.05, 3.63) is 58.6 Å². The molecule has 2 aromatic carbocycles. The maximum atomic E-state index is 12.8. The van der Waals surface area contributed by atoms with Crippen molar-refractivity contribution in [2.24, 2.45) is 0 Å². The summed E-state index contributed by atoms with van der Waals surface area (Å²) in [6, 6.07) is 12.7. The topological polar surface area (TPSA) is 59.0 Å². The van der Waals surface area contributed by atoms with Gasteiger partial charge in [0.15, 0.2) is 11.5 Å². The Morgan fingerprint density at radius 2 is 1.88 bits per heavy atom. The SMILES string of the molecule is COc1cc(C(=O)N(CCO)Cc2ccccc2)cc(Cl)c1OC. The fourth-order valence-corrected chi connectivity index (χ4v) is 2.69. The number of aliphatic hydroxyl groups excluding tert-OH is 1. The molecule has 0 aliphatic carbocycles. The Kier molecular flexibility index (Phi) is 6.46. The number of halogens is 1. The van der Waals surface area contributed by atoms with Crippen LogP contribution < -0.4 is 9.47 Å². The van der Waals surface area contributed by atoms with Crippen molar-refractivity contribution in [3.8, 4) is 11.5 Å². The van der Waals surface area contributed by atoms with Crippen LogP contribution in [0.2, 0.25) is 5.02 Å². The van der Waals surface area contributed by atoms with Gasteiger partial charge in [-0.3, -0.25) is 4.79 Å². The average Bonchev–Trinajstić information content (AvgIpc) is 2.60. The number of carbonyl (C=O) groups excluding carboxylic acids is 1. The summed E-state index contributed by atoms with van der Waals surface area (Å²) in [6.07, 6.45) is 0. The first kappa shape index (κ1) is 18.1. The van der Waals surface area contributed by atoms with Crippen LogP contribution in [0.3, 0.4) is 0 Å². The van der Waals surface area contributed by atoms with Crippen molar-refractivity contribution in [3.63, 3.8) is 0 Å². The zero-order chi connectivity index (χ0) is 17.5. The number of amides is 1. The van der Waals surface area contributed by atoms with Crippen molar-refractivity contribution >= 4 is 17.5 Å². The van der Waals surface area contributed by atoms with Crippen molar-refractivity contribution in [1.29, 1.82) is 0 Å². The summed E-state index contributed by atoms with van der Waals surface area (Å²) in [7, 11) is 2.97. The highest BCUT2D eigenvalue weighted by Crippen LogP contribution is 2.36. The summed E-state index contributed by atoms with van der Waals surface area (Å²) in [5, 5.41) is 9.58. The Morgan fingerprint density at radius 3 is 2.46 bits per heavy atom. The average molecular weight is 350 g/mol. The second-order valence-corrected chi connectivity index (χ2v) is 5.54. The van der Waals surface area contributed by atoms with Gasteiger partial charge in [-0.05, 0) is 17.7 Å². The Morgan fingerprint density at radius 1 is 1.17 bits per heavy atom. The van der Waals surface area contributed by atoms with Gasteiger partial charge in [-0.2, -0.15) is 0 Å². The third-order valence-electron chi connectivity index (χ3n) is 3.55. The second-order valence-electron chi connectivity index (χ2n) is 5.13. The second kappa shape index (κ2) is 8.57. The third-order valence-corrected chi connectivity index (χ3v) is 3.83. The number of nitrogens with zero attached hydrogens (tertiary/aromatic N) is 1. The van der Waals surface area contributed by atoms with Crippen molar-refractivity contribution < 1.29 is 19.4 Å². The van der Waals surface area contributed by atoms with E-state index in [2.05, 4.69) is 0 Å². The van der Waals surface area contributed by atoms with Crippen LogP contribution in [0.15, 0.2) is 42.5 Å². The normalized spacial score (nSPS) is 10.3. The molecular weight excluding hydrogens is 330 g/mol. The summed E-state index contributed by atoms with van der Waals surface area (Å²) in [4.78, 5) is 14.4. The molecule has 0 aliphatic heterocycles. The molecule has 128 valence electrons. The van der Waals surface area contributed by atoms with Gasteiger partial charge in [-0.1, -0.05) is 41.9 Å². The van der Waals surface area contributed by atoms with Crippen LogP contribution in [0.4, 0.5) is 0 Å². The summed E-state index contributed by atoms with van der Waals surface area (Å²) in [5.74, 6) is 0.528. The van der Waals surface area contributed by atoms with E-state index < -0.39 is 0 Å². The quantitative estimate of drug-likeness (QED) is 0.834. The molecular formula is C18H20ClNO4. The lowest BCUT2D eigenvalue weighted by Gasteiger charge is -2.22. The first-order valence-corrected chi connectivity index (χ1v) is 7.84. The molecule has 2 rings (SSSR count). The molecule has 0 heterocycles. The largest absolute Gasteiger partial charge is 0.493 e. The molecule has 24 heavy (non-hydrogen) atoms. The number of benzene rings is 2. The number of carbonyl (C=O) groups is 1. The summed E-state index contributed by atoms with van der Waals surface area (Å²) < 4.78 is 10.4. The Balaban J connectivity index is 2.31. The molecule has 1 N–H and O–H groups in total. The molecule has 0 bridgehead atoms. The van der Waals surface area contributed by atoms with E-state index in [-0.39, 0.29) is 19.1 Å². The van der Waals surface area contributed by atoms with Crippen LogP contribution in [0, 0.1) is 0 Å². The van der Waals surface area contributed by atoms with Crippen LogP contribution in [0.25, 0.3) is 0 Å². The fraction of sp³-hybridized carbons (Fsp3) is 0.278. The number of methoxy groups -OCH3 is 2.